The quantitative estimate of drug-likeness (QED) is 0.419. The standard InChI is InChI=1S/C27H29N7O4/c1-4-38-27(37)31-26-29-22-14-19(17-7-8-33(3)23(35)15-17)13-20(24(22)30-26)21-6-5-18(16-28-21)25(36)34-11-9-32(2)10-12-34/h5-8,13-16H,4,9-12H2,1-3H3,(H2,29,30,31,37). The molecular weight excluding hydrogens is 486 g/mol. The third-order valence-electron chi connectivity index (χ3n) is 6.60. The Labute approximate surface area is 219 Å². The van der Waals surface area contributed by atoms with Crippen molar-refractivity contribution in [1.82, 2.24) is 29.3 Å². The number of fused-ring (bicyclic) bond motifs is 1. The van der Waals surface area contributed by atoms with E-state index in [2.05, 4.69) is 25.2 Å². The minimum atomic E-state index is -0.621. The number of piperazine rings is 1. The van der Waals surface area contributed by atoms with Crippen LogP contribution in [-0.2, 0) is 11.8 Å². The summed E-state index contributed by atoms with van der Waals surface area (Å²) in [6, 6.07) is 10.7. The van der Waals surface area contributed by atoms with Gasteiger partial charge in [-0.2, -0.15) is 0 Å². The number of pyridine rings is 2. The minimum absolute atomic E-state index is 0.0429. The van der Waals surface area contributed by atoms with Crippen LogP contribution in [0.15, 0.2) is 53.6 Å². The second-order valence-electron chi connectivity index (χ2n) is 9.24. The molecule has 0 aliphatic carbocycles. The summed E-state index contributed by atoms with van der Waals surface area (Å²) < 4.78 is 6.46. The SMILES string of the molecule is CCOC(=O)Nc1nc2cc(-c3ccn(C)c(=O)c3)cc(-c3ccc(C(=O)N4CCN(C)CC4)cn3)c2[nH]1. The van der Waals surface area contributed by atoms with Gasteiger partial charge < -0.3 is 24.1 Å². The number of rotatable bonds is 5. The molecule has 0 radical (unpaired) electrons. The molecular formula is C27H29N7O4. The van der Waals surface area contributed by atoms with E-state index >= 15 is 0 Å². The Balaban J connectivity index is 1.54. The summed E-state index contributed by atoms with van der Waals surface area (Å²) in [5.41, 5.74) is 4.41. The van der Waals surface area contributed by atoms with E-state index in [4.69, 9.17) is 4.74 Å². The highest BCUT2D eigenvalue weighted by Crippen LogP contribution is 2.33. The summed E-state index contributed by atoms with van der Waals surface area (Å²) in [6.45, 7) is 4.99. The molecule has 0 atom stereocenters. The Morgan fingerprint density at radius 1 is 1.05 bits per heavy atom. The number of H-pyrrole nitrogens is 1. The molecule has 1 fully saturated rings. The molecule has 1 saturated heterocycles. The number of aromatic amines is 1. The molecule has 2 N–H and O–H groups in total. The number of ether oxygens (including phenoxy) is 1. The first-order valence-electron chi connectivity index (χ1n) is 12.4. The van der Waals surface area contributed by atoms with Crippen molar-refractivity contribution < 1.29 is 14.3 Å². The predicted molar refractivity (Wildman–Crippen MR) is 144 cm³/mol. The molecule has 4 aromatic rings. The summed E-state index contributed by atoms with van der Waals surface area (Å²) in [4.78, 5) is 53.6. The normalized spacial score (nSPS) is 14.0. The van der Waals surface area contributed by atoms with Crippen LogP contribution in [0.2, 0.25) is 0 Å². The highest BCUT2D eigenvalue weighted by atomic mass is 16.5. The van der Waals surface area contributed by atoms with E-state index in [1.165, 1.54) is 4.57 Å². The largest absolute Gasteiger partial charge is 0.450 e. The van der Waals surface area contributed by atoms with Crippen LogP contribution in [-0.4, -0.2) is 81.2 Å². The lowest BCUT2D eigenvalue weighted by atomic mass is 10.00. The zero-order valence-electron chi connectivity index (χ0n) is 21.5. The number of hydrogen-bond acceptors (Lipinski definition) is 7. The summed E-state index contributed by atoms with van der Waals surface area (Å²) >= 11 is 0. The number of benzene rings is 1. The topological polar surface area (TPSA) is 125 Å². The Kier molecular flexibility index (Phi) is 6.93. The van der Waals surface area contributed by atoms with Gasteiger partial charge in [-0.3, -0.25) is 19.9 Å². The molecule has 1 aromatic carbocycles. The van der Waals surface area contributed by atoms with Gasteiger partial charge >= 0.3 is 6.09 Å². The maximum absolute atomic E-state index is 13.0. The highest BCUT2D eigenvalue weighted by Gasteiger charge is 2.21. The zero-order chi connectivity index (χ0) is 26.8. The van der Waals surface area contributed by atoms with Crippen LogP contribution in [0, 0.1) is 0 Å². The Hall–Kier alpha value is -4.51. The van der Waals surface area contributed by atoms with Gasteiger partial charge in [0, 0.05) is 57.3 Å². The lowest BCUT2D eigenvalue weighted by molar-refractivity contribution is 0.0663. The van der Waals surface area contributed by atoms with Gasteiger partial charge in [0.25, 0.3) is 11.5 Å². The van der Waals surface area contributed by atoms with E-state index in [1.807, 2.05) is 30.1 Å². The van der Waals surface area contributed by atoms with Gasteiger partial charge in [0.1, 0.15) is 0 Å². The molecule has 11 heteroatoms. The van der Waals surface area contributed by atoms with Crippen LogP contribution in [0.3, 0.4) is 0 Å². The van der Waals surface area contributed by atoms with Crippen molar-refractivity contribution in [3.63, 3.8) is 0 Å². The molecule has 11 nitrogen and oxygen atoms in total. The number of amides is 2. The van der Waals surface area contributed by atoms with Crippen molar-refractivity contribution >= 4 is 29.0 Å². The van der Waals surface area contributed by atoms with Crippen LogP contribution >= 0.6 is 0 Å². The van der Waals surface area contributed by atoms with Crippen LogP contribution in [0.4, 0.5) is 10.7 Å². The van der Waals surface area contributed by atoms with E-state index in [0.717, 1.165) is 24.2 Å². The third kappa shape index (κ3) is 5.14. The van der Waals surface area contributed by atoms with E-state index in [9.17, 15) is 14.4 Å². The van der Waals surface area contributed by atoms with Gasteiger partial charge in [0.05, 0.1) is 28.9 Å². The predicted octanol–water partition coefficient (Wildman–Crippen LogP) is 2.95. The van der Waals surface area contributed by atoms with Crippen molar-refractivity contribution in [3.8, 4) is 22.4 Å². The van der Waals surface area contributed by atoms with Crippen LogP contribution in [0.5, 0.6) is 0 Å². The first-order valence-corrected chi connectivity index (χ1v) is 12.4. The number of likely N-dealkylation sites (N-methyl/N-ethyl adjacent to an activating group) is 1. The molecule has 1 aliphatic heterocycles. The first-order chi connectivity index (χ1) is 18.3. The van der Waals surface area contributed by atoms with Gasteiger partial charge in [-0.25, -0.2) is 9.78 Å². The number of nitrogens with zero attached hydrogens (tertiary/aromatic N) is 5. The third-order valence-corrected chi connectivity index (χ3v) is 6.60. The molecule has 4 heterocycles. The fourth-order valence-corrected chi connectivity index (χ4v) is 4.40. The molecule has 0 unspecified atom stereocenters. The zero-order valence-corrected chi connectivity index (χ0v) is 21.5. The van der Waals surface area contributed by atoms with E-state index in [0.29, 0.717) is 40.9 Å². The van der Waals surface area contributed by atoms with Crippen molar-refractivity contribution in [3.05, 3.63) is 64.7 Å². The lowest BCUT2D eigenvalue weighted by Gasteiger charge is -2.32. The molecule has 196 valence electrons. The van der Waals surface area contributed by atoms with Gasteiger partial charge in [-0.1, -0.05) is 0 Å². The number of aromatic nitrogens is 4. The van der Waals surface area contributed by atoms with Crippen molar-refractivity contribution in [2.75, 3.05) is 45.2 Å². The average molecular weight is 516 g/mol. The molecule has 0 saturated carbocycles. The molecule has 1 aliphatic rings. The Bertz CT molecular complexity index is 1550. The number of aryl methyl sites for hydroxylation is 1. The average Bonchev–Trinajstić information content (AvgIpc) is 3.32. The van der Waals surface area contributed by atoms with Gasteiger partial charge in [-0.05, 0) is 55.4 Å². The summed E-state index contributed by atoms with van der Waals surface area (Å²) in [7, 11) is 3.74. The molecule has 38 heavy (non-hydrogen) atoms. The molecule has 5 rings (SSSR count). The van der Waals surface area contributed by atoms with Gasteiger partial charge in [0.2, 0.25) is 5.95 Å². The van der Waals surface area contributed by atoms with Gasteiger partial charge in [-0.15, -0.1) is 0 Å². The number of nitrogens with one attached hydrogen (secondary N) is 2. The Morgan fingerprint density at radius 3 is 2.53 bits per heavy atom. The number of imidazole rings is 1. The summed E-state index contributed by atoms with van der Waals surface area (Å²) in [5, 5.41) is 2.60. The number of hydrogen-bond donors (Lipinski definition) is 2. The fraction of sp³-hybridized carbons (Fsp3) is 0.296. The van der Waals surface area contributed by atoms with Crippen LogP contribution < -0.4 is 10.9 Å². The number of carbonyl (C=O) groups excluding carboxylic acids is 2. The molecule has 2 amide bonds. The van der Waals surface area contributed by atoms with Crippen LogP contribution in [0.25, 0.3) is 33.4 Å². The van der Waals surface area contributed by atoms with E-state index in [-0.39, 0.29) is 24.0 Å². The molecule has 3 aromatic heterocycles. The van der Waals surface area contributed by atoms with Gasteiger partial charge in [0.15, 0.2) is 0 Å². The fourth-order valence-electron chi connectivity index (χ4n) is 4.40. The monoisotopic (exact) mass is 515 g/mol. The molecule has 0 bridgehead atoms. The smallest absolute Gasteiger partial charge is 0.413 e. The van der Waals surface area contributed by atoms with Crippen molar-refractivity contribution in [2.24, 2.45) is 7.05 Å². The van der Waals surface area contributed by atoms with Crippen LogP contribution in [0.1, 0.15) is 17.3 Å². The number of carbonyl (C=O) groups is 2. The Morgan fingerprint density at radius 2 is 1.84 bits per heavy atom. The maximum Gasteiger partial charge on any atom is 0.413 e. The first kappa shape index (κ1) is 25.2. The summed E-state index contributed by atoms with van der Waals surface area (Å²) in [5.74, 6) is 0.182. The second-order valence-corrected chi connectivity index (χ2v) is 9.24. The highest BCUT2D eigenvalue weighted by molar-refractivity contribution is 5.98. The van der Waals surface area contributed by atoms with E-state index in [1.54, 1.807) is 44.6 Å². The maximum atomic E-state index is 13.0. The minimum Gasteiger partial charge on any atom is -0.450 e. The second kappa shape index (κ2) is 10.5. The lowest BCUT2D eigenvalue weighted by Crippen LogP contribution is -2.47. The van der Waals surface area contributed by atoms with Crippen molar-refractivity contribution in [2.45, 2.75) is 6.92 Å². The van der Waals surface area contributed by atoms with Crippen molar-refractivity contribution in [1.29, 1.82) is 0 Å². The summed E-state index contributed by atoms with van der Waals surface area (Å²) in [6.07, 6.45) is 2.67. The van der Waals surface area contributed by atoms with E-state index < -0.39 is 6.09 Å². The number of anilines is 1. The molecule has 0 spiro atoms.